The van der Waals surface area contributed by atoms with Crippen LogP contribution in [-0.2, 0) is 0 Å². The van der Waals surface area contributed by atoms with Gasteiger partial charge < -0.3 is 0 Å². The van der Waals surface area contributed by atoms with Gasteiger partial charge in [-0.05, 0) is 19.1 Å². The summed E-state index contributed by atoms with van der Waals surface area (Å²) in [5.74, 6) is -0.986. The first-order chi connectivity index (χ1) is 7.58. The molecule has 4 nitrogen and oxygen atoms in total. The largest absolute Gasteiger partial charge is 0.333 e. The molecule has 82 valence electrons. The first kappa shape index (κ1) is 10.4. The molecule has 1 aromatic carbocycles. The van der Waals surface area contributed by atoms with Crippen molar-refractivity contribution in [2.24, 2.45) is 0 Å². The Kier molecular flexibility index (Phi) is 2.44. The van der Waals surface area contributed by atoms with E-state index in [9.17, 15) is 14.0 Å². The Morgan fingerprint density at radius 2 is 1.81 bits per heavy atom. The number of halogens is 1. The Labute approximate surface area is 90.0 Å². The predicted molar refractivity (Wildman–Crippen MR) is 57.4 cm³/mol. The highest BCUT2D eigenvalue weighted by Gasteiger charge is 2.04. The monoisotopic (exact) mass is 220 g/mol. The van der Waals surface area contributed by atoms with E-state index in [4.69, 9.17) is 0 Å². The molecule has 0 spiro atoms. The van der Waals surface area contributed by atoms with Gasteiger partial charge in [0.25, 0.3) is 5.56 Å². The lowest BCUT2D eigenvalue weighted by Crippen LogP contribution is -2.30. The van der Waals surface area contributed by atoms with Crippen molar-refractivity contribution in [2.75, 3.05) is 0 Å². The van der Waals surface area contributed by atoms with Crippen LogP contribution in [0, 0.1) is 12.7 Å². The number of benzene rings is 1. The number of aromatic nitrogens is 2. The minimum atomic E-state index is -1.01. The summed E-state index contributed by atoms with van der Waals surface area (Å²) in [6.45, 7) is 1.90. The quantitative estimate of drug-likeness (QED) is 0.778. The van der Waals surface area contributed by atoms with Gasteiger partial charge in [-0.25, -0.2) is 4.79 Å². The third kappa shape index (κ3) is 1.79. The van der Waals surface area contributed by atoms with E-state index in [1.165, 1.54) is 0 Å². The fourth-order valence-electron chi connectivity index (χ4n) is 1.34. The van der Waals surface area contributed by atoms with Crippen LogP contribution in [0.15, 0.2) is 40.1 Å². The van der Waals surface area contributed by atoms with Crippen molar-refractivity contribution in [2.45, 2.75) is 6.92 Å². The minimum absolute atomic E-state index is 0.505. The zero-order chi connectivity index (χ0) is 11.7. The molecule has 0 saturated carbocycles. The van der Waals surface area contributed by atoms with Crippen LogP contribution in [0.1, 0.15) is 5.56 Å². The van der Waals surface area contributed by atoms with Crippen molar-refractivity contribution < 1.29 is 4.39 Å². The average molecular weight is 220 g/mol. The van der Waals surface area contributed by atoms with E-state index >= 15 is 0 Å². The highest BCUT2D eigenvalue weighted by molar-refractivity contribution is 5.33. The Bertz CT molecular complexity index is 626. The SMILES string of the molecule is Cc1ccc(-n2cc(F)c(=O)[nH]c2=O)cc1. The molecule has 0 saturated heterocycles. The van der Waals surface area contributed by atoms with Gasteiger partial charge in [-0.3, -0.25) is 14.3 Å². The van der Waals surface area contributed by atoms with E-state index in [-0.39, 0.29) is 0 Å². The third-order valence-corrected chi connectivity index (χ3v) is 2.21. The molecular weight excluding hydrogens is 211 g/mol. The van der Waals surface area contributed by atoms with Gasteiger partial charge >= 0.3 is 5.69 Å². The molecule has 0 aliphatic heterocycles. The first-order valence-corrected chi connectivity index (χ1v) is 4.66. The first-order valence-electron chi connectivity index (χ1n) is 4.66. The maximum absolute atomic E-state index is 13.0. The molecule has 1 heterocycles. The number of hydrogen-bond donors (Lipinski definition) is 1. The van der Waals surface area contributed by atoms with Crippen molar-refractivity contribution in [1.29, 1.82) is 0 Å². The molecule has 0 unspecified atom stereocenters. The average Bonchev–Trinajstić information content (AvgIpc) is 2.25. The van der Waals surface area contributed by atoms with E-state index in [0.717, 1.165) is 16.3 Å². The van der Waals surface area contributed by atoms with Crippen molar-refractivity contribution in [1.82, 2.24) is 9.55 Å². The van der Waals surface area contributed by atoms with E-state index in [0.29, 0.717) is 5.69 Å². The summed E-state index contributed by atoms with van der Waals surface area (Å²) in [5, 5.41) is 0. The van der Waals surface area contributed by atoms with Crippen molar-refractivity contribution in [3.8, 4) is 5.69 Å². The van der Waals surface area contributed by atoms with Crippen LogP contribution in [0.4, 0.5) is 4.39 Å². The Balaban J connectivity index is 2.65. The van der Waals surface area contributed by atoms with Crippen molar-refractivity contribution in [3.05, 3.63) is 62.7 Å². The molecule has 0 fully saturated rings. The zero-order valence-corrected chi connectivity index (χ0v) is 8.53. The summed E-state index contributed by atoms with van der Waals surface area (Å²) < 4.78 is 14.1. The number of H-pyrrole nitrogens is 1. The molecule has 2 aromatic rings. The van der Waals surface area contributed by atoms with Crippen LogP contribution in [-0.4, -0.2) is 9.55 Å². The smallest absolute Gasteiger partial charge is 0.271 e. The van der Waals surface area contributed by atoms with Crippen LogP contribution in [0.3, 0.4) is 0 Å². The van der Waals surface area contributed by atoms with Gasteiger partial charge in [0.15, 0.2) is 0 Å². The van der Waals surface area contributed by atoms with E-state index in [1.54, 1.807) is 24.3 Å². The number of rotatable bonds is 1. The Hall–Kier alpha value is -2.17. The molecule has 0 amide bonds. The molecule has 1 aromatic heterocycles. The molecule has 2 rings (SSSR count). The molecule has 16 heavy (non-hydrogen) atoms. The van der Waals surface area contributed by atoms with Gasteiger partial charge in [-0.1, -0.05) is 17.7 Å². The minimum Gasteiger partial charge on any atom is -0.271 e. The summed E-state index contributed by atoms with van der Waals surface area (Å²) in [7, 11) is 0. The molecule has 1 N–H and O–H groups in total. The third-order valence-electron chi connectivity index (χ3n) is 2.21. The molecule has 5 heteroatoms. The second kappa shape index (κ2) is 3.77. The number of nitrogens with zero attached hydrogens (tertiary/aromatic N) is 1. The summed E-state index contributed by atoms with van der Waals surface area (Å²) in [6, 6.07) is 6.94. The normalized spacial score (nSPS) is 10.4. The maximum atomic E-state index is 13.0. The topological polar surface area (TPSA) is 54.9 Å². The van der Waals surface area contributed by atoms with E-state index < -0.39 is 17.1 Å². The van der Waals surface area contributed by atoms with Crippen LogP contribution in [0.25, 0.3) is 5.69 Å². The summed E-state index contributed by atoms with van der Waals surface area (Å²) in [6.07, 6.45) is 0.881. The number of aromatic amines is 1. The Morgan fingerprint density at radius 3 is 2.44 bits per heavy atom. The second-order valence-corrected chi connectivity index (χ2v) is 3.44. The molecular formula is C11H9FN2O2. The zero-order valence-electron chi connectivity index (χ0n) is 8.53. The van der Waals surface area contributed by atoms with Gasteiger partial charge in [0.1, 0.15) is 0 Å². The summed E-state index contributed by atoms with van der Waals surface area (Å²) in [4.78, 5) is 24.1. The molecule has 0 radical (unpaired) electrons. The molecule has 0 bridgehead atoms. The van der Waals surface area contributed by atoms with Gasteiger partial charge in [0.05, 0.1) is 11.9 Å². The highest BCUT2D eigenvalue weighted by atomic mass is 19.1. The summed E-state index contributed by atoms with van der Waals surface area (Å²) >= 11 is 0. The highest BCUT2D eigenvalue weighted by Crippen LogP contribution is 2.06. The maximum Gasteiger partial charge on any atom is 0.333 e. The lowest BCUT2D eigenvalue weighted by molar-refractivity contribution is 0.587. The summed E-state index contributed by atoms with van der Waals surface area (Å²) in [5.41, 5.74) is -0.129. The van der Waals surface area contributed by atoms with Gasteiger partial charge in [0, 0.05) is 0 Å². The van der Waals surface area contributed by atoms with E-state index in [2.05, 4.69) is 0 Å². The lowest BCUT2D eigenvalue weighted by Gasteiger charge is -2.04. The fourth-order valence-corrected chi connectivity index (χ4v) is 1.34. The number of aryl methyl sites for hydroxylation is 1. The lowest BCUT2D eigenvalue weighted by atomic mass is 10.2. The number of hydrogen-bond acceptors (Lipinski definition) is 2. The van der Waals surface area contributed by atoms with Gasteiger partial charge in [0.2, 0.25) is 5.82 Å². The van der Waals surface area contributed by atoms with Crippen LogP contribution >= 0.6 is 0 Å². The predicted octanol–water partition coefficient (Wildman–Crippen LogP) is 0.973. The molecule has 0 aliphatic carbocycles. The molecule has 0 atom stereocenters. The van der Waals surface area contributed by atoms with Gasteiger partial charge in [-0.2, -0.15) is 4.39 Å². The van der Waals surface area contributed by atoms with Gasteiger partial charge in [-0.15, -0.1) is 0 Å². The fraction of sp³-hybridized carbons (Fsp3) is 0.0909. The van der Waals surface area contributed by atoms with Crippen LogP contribution in [0.2, 0.25) is 0 Å². The van der Waals surface area contributed by atoms with Crippen LogP contribution in [0.5, 0.6) is 0 Å². The van der Waals surface area contributed by atoms with Crippen molar-refractivity contribution >= 4 is 0 Å². The standard InChI is InChI=1S/C11H9FN2O2/c1-7-2-4-8(5-3-7)14-6-9(12)10(15)13-11(14)16/h2-6H,1H3,(H,13,15,16). The van der Waals surface area contributed by atoms with E-state index in [1.807, 2.05) is 11.9 Å². The number of nitrogens with one attached hydrogen (secondary N) is 1. The van der Waals surface area contributed by atoms with Crippen molar-refractivity contribution in [3.63, 3.8) is 0 Å². The van der Waals surface area contributed by atoms with Crippen LogP contribution < -0.4 is 11.2 Å². The second-order valence-electron chi connectivity index (χ2n) is 3.44. The Morgan fingerprint density at radius 1 is 1.19 bits per heavy atom. The molecule has 0 aliphatic rings.